The molecule has 2 rings (SSSR count). The third kappa shape index (κ3) is 4.16. The van der Waals surface area contributed by atoms with Crippen LogP contribution in [0.5, 0.6) is 0 Å². The summed E-state index contributed by atoms with van der Waals surface area (Å²) in [6.45, 7) is 4.78. The fourth-order valence-electron chi connectivity index (χ4n) is 3.59. The summed E-state index contributed by atoms with van der Waals surface area (Å²) in [4.78, 5) is 14.8. The van der Waals surface area contributed by atoms with Crippen molar-refractivity contribution in [3.05, 3.63) is 71.8 Å². The highest BCUT2D eigenvalue weighted by Crippen LogP contribution is 2.42. The highest BCUT2D eigenvalue weighted by Gasteiger charge is 2.42. The lowest BCUT2D eigenvalue weighted by Crippen LogP contribution is -2.49. The van der Waals surface area contributed by atoms with Crippen LogP contribution in [-0.2, 0) is 10.1 Å². The molecule has 138 valence electrons. The molecule has 26 heavy (non-hydrogen) atoms. The van der Waals surface area contributed by atoms with Gasteiger partial charge in [0.15, 0.2) is 7.42 Å². The van der Waals surface area contributed by atoms with E-state index in [-0.39, 0.29) is 5.65 Å². The van der Waals surface area contributed by atoms with Crippen LogP contribution in [0, 0.1) is 0 Å². The van der Waals surface area contributed by atoms with Crippen LogP contribution in [0.1, 0.15) is 50.7 Å². The highest BCUT2D eigenvalue weighted by atomic mass is 31.1. The van der Waals surface area contributed by atoms with Gasteiger partial charge in [0.1, 0.15) is 0 Å². The maximum atomic E-state index is 13.0. The van der Waals surface area contributed by atoms with Crippen molar-refractivity contribution in [3.8, 4) is 0 Å². The Morgan fingerprint density at radius 1 is 0.962 bits per heavy atom. The Morgan fingerprint density at radius 3 is 1.85 bits per heavy atom. The molecule has 0 radical (unpaired) electrons. The monoisotopic (exact) mass is 369 g/mol. The maximum absolute atomic E-state index is 13.0. The minimum atomic E-state index is -2.19. The molecule has 0 aliphatic rings. The van der Waals surface area contributed by atoms with E-state index in [0.717, 1.165) is 36.8 Å². The largest absolute Gasteiger partial charge is 0.319 e. The molecule has 0 aliphatic carbocycles. The highest BCUT2D eigenvalue weighted by molar-refractivity contribution is 7.61. The predicted molar refractivity (Wildman–Crippen MR) is 110 cm³/mol. The molecule has 0 fully saturated rings. The van der Waals surface area contributed by atoms with Crippen LogP contribution in [-0.4, -0.2) is 23.4 Å². The summed E-state index contributed by atoms with van der Waals surface area (Å²) in [5, 5.41) is 0. The van der Waals surface area contributed by atoms with Crippen molar-refractivity contribution in [2.45, 2.75) is 45.1 Å². The van der Waals surface area contributed by atoms with E-state index in [1.165, 1.54) is 0 Å². The molecule has 0 aromatic heterocycles. The van der Waals surface area contributed by atoms with Crippen molar-refractivity contribution >= 4 is 19.4 Å². The first-order chi connectivity index (χ1) is 12.6. The van der Waals surface area contributed by atoms with E-state index in [0.29, 0.717) is 6.54 Å². The first kappa shape index (κ1) is 20.2. The summed E-state index contributed by atoms with van der Waals surface area (Å²) in [6.07, 6.45) is 7.03. The molecule has 0 spiro atoms. The molecule has 0 bridgehead atoms. The Kier molecular flexibility index (Phi) is 7.41. The number of unbranched alkanes of at least 4 members (excludes halogenated alkanes) is 1. The molecule has 3 nitrogen and oxygen atoms in total. The second-order valence-electron chi connectivity index (χ2n) is 6.51. The zero-order chi connectivity index (χ0) is 19.0. The van der Waals surface area contributed by atoms with Gasteiger partial charge in [-0.15, -0.1) is 0 Å². The lowest BCUT2D eigenvalue weighted by atomic mass is 9.77. The van der Waals surface area contributed by atoms with E-state index in [1.807, 2.05) is 41.3 Å². The van der Waals surface area contributed by atoms with Crippen molar-refractivity contribution in [1.82, 2.24) is 4.90 Å². The predicted octanol–water partition coefficient (Wildman–Crippen LogP) is 6.21. The second kappa shape index (κ2) is 9.54. The number of nitrogens with zero attached hydrogens (tertiary/aromatic N) is 1. The van der Waals surface area contributed by atoms with Gasteiger partial charge in [0.25, 0.3) is 0 Å². The van der Waals surface area contributed by atoms with Gasteiger partial charge >= 0.3 is 5.65 Å². The van der Waals surface area contributed by atoms with Crippen molar-refractivity contribution in [3.63, 3.8) is 0 Å². The van der Waals surface area contributed by atoms with Crippen molar-refractivity contribution < 1.29 is 9.36 Å². The number of amides is 1. The minimum absolute atomic E-state index is 0.366. The van der Waals surface area contributed by atoms with Gasteiger partial charge in [0, 0.05) is 6.54 Å². The molecule has 1 atom stereocenters. The minimum Gasteiger partial charge on any atom is -0.319 e. The average molecular weight is 369 g/mol. The number of carbonyl (C=O) groups excluding carboxylic acids is 1. The third-order valence-corrected chi connectivity index (χ3v) is 5.42. The molecule has 2 aromatic carbocycles. The van der Waals surface area contributed by atoms with E-state index in [2.05, 4.69) is 44.4 Å². The van der Waals surface area contributed by atoms with Crippen molar-refractivity contribution in [1.29, 1.82) is 0 Å². The molecule has 0 saturated heterocycles. The summed E-state index contributed by atoms with van der Waals surface area (Å²) >= 11 is 0. The zero-order valence-corrected chi connectivity index (χ0v) is 16.6. The van der Waals surface area contributed by atoms with Crippen molar-refractivity contribution in [2.24, 2.45) is 0 Å². The Hall–Kier alpha value is -2.12. The average Bonchev–Trinajstić information content (AvgIpc) is 2.68. The summed E-state index contributed by atoms with van der Waals surface area (Å²) in [5.41, 5.74) is 1.10. The van der Waals surface area contributed by atoms with E-state index in [9.17, 15) is 9.36 Å². The summed E-state index contributed by atoms with van der Waals surface area (Å²) in [6, 6.07) is 20.2. The quantitative estimate of drug-likeness (QED) is 0.493. The Morgan fingerprint density at radius 2 is 1.46 bits per heavy atom. The van der Waals surface area contributed by atoms with Gasteiger partial charge in [-0.3, -0.25) is 9.36 Å². The lowest BCUT2D eigenvalue weighted by molar-refractivity contribution is 0.146. The van der Waals surface area contributed by atoms with Crippen molar-refractivity contribution in [2.75, 3.05) is 6.54 Å². The summed E-state index contributed by atoms with van der Waals surface area (Å²) < 4.78 is 12.1. The number of carbonyl (C=O) groups is 1. The zero-order valence-electron chi connectivity index (χ0n) is 15.7. The maximum Gasteiger partial charge on any atom is 0.307 e. The van der Waals surface area contributed by atoms with Gasteiger partial charge in [0.2, 0.25) is 0 Å². The molecule has 4 heteroatoms. The normalized spacial score (nSPS) is 11.8. The number of hydrogen-bond donors (Lipinski definition) is 0. The van der Waals surface area contributed by atoms with Crippen LogP contribution in [0.2, 0.25) is 0 Å². The van der Waals surface area contributed by atoms with Crippen LogP contribution in [0.3, 0.4) is 0 Å². The van der Waals surface area contributed by atoms with E-state index in [4.69, 9.17) is 0 Å². The Bertz CT molecular complexity index is 722. The van der Waals surface area contributed by atoms with Crippen LogP contribution in [0.25, 0.3) is 0 Å². The Labute approximate surface area is 157 Å². The van der Waals surface area contributed by atoms with Gasteiger partial charge in [-0.05, 0) is 30.3 Å². The van der Waals surface area contributed by atoms with Gasteiger partial charge < -0.3 is 4.90 Å². The molecule has 0 N–H and O–H groups in total. The van der Waals surface area contributed by atoms with E-state index in [1.54, 1.807) is 0 Å². The van der Waals surface area contributed by atoms with Gasteiger partial charge in [-0.1, -0.05) is 87.4 Å². The SMILES string of the molecule is C=P(=O)C(=O)N(CCCC)C(CCC)(c1ccccc1)c1ccccc1. The number of rotatable bonds is 9. The first-order valence-corrected chi connectivity index (χ1v) is 10.7. The van der Waals surface area contributed by atoms with Crippen LogP contribution < -0.4 is 0 Å². The standard InChI is InChI=1S/C22H28NO2P/c1-4-6-18-23(21(24)26(3)25)22(17-5-2,19-13-9-7-10-14-19)20-15-11-8-12-16-20/h7-16H,3-6,17-18H2,1-2H3. The Balaban J connectivity index is 2.76. The summed E-state index contributed by atoms with van der Waals surface area (Å²) in [7, 11) is -2.19. The number of hydrogen-bond acceptors (Lipinski definition) is 2. The molecule has 1 unspecified atom stereocenters. The fourth-order valence-corrected chi connectivity index (χ4v) is 4.13. The fraction of sp³-hybridized carbons (Fsp3) is 0.364. The molecule has 0 aliphatic heterocycles. The molecule has 1 amide bonds. The lowest BCUT2D eigenvalue weighted by Gasteiger charge is -2.44. The van der Waals surface area contributed by atoms with Gasteiger partial charge in [0.05, 0.1) is 5.54 Å². The molecule has 2 aromatic rings. The molecule has 0 heterocycles. The van der Waals surface area contributed by atoms with Crippen LogP contribution >= 0.6 is 7.42 Å². The number of benzene rings is 2. The molecular formula is C22H28NO2P. The topological polar surface area (TPSA) is 37.4 Å². The van der Waals surface area contributed by atoms with Gasteiger partial charge in [-0.25, -0.2) is 0 Å². The second-order valence-corrected chi connectivity index (χ2v) is 7.65. The third-order valence-electron chi connectivity index (χ3n) is 4.75. The van der Waals surface area contributed by atoms with Crippen LogP contribution in [0.15, 0.2) is 60.7 Å². The molecular weight excluding hydrogens is 341 g/mol. The van der Waals surface area contributed by atoms with E-state index >= 15 is 0 Å². The van der Waals surface area contributed by atoms with Crippen LogP contribution in [0.4, 0.5) is 4.79 Å². The smallest absolute Gasteiger partial charge is 0.307 e. The van der Waals surface area contributed by atoms with Gasteiger partial charge in [-0.2, -0.15) is 0 Å². The summed E-state index contributed by atoms with van der Waals surface area (Å²) in [5.74, 6) is 0. The van der Waals surface area contributed by atoms with E-state index < -0.39 is 13.0 Å². The first-order valence-electron chi connectivity index (χ1n) is 9.28. The molecule has 0 saturated carbocycles.